The predicted octanol–water partition coefficient (Wildman–Crippen LogP) is 5.80. The molecule has 0 saturated carbocycles. The van der Waals surface area contributed by atoms with E-state index >= 15 is 0 Å². The van der Waals surface area contributed by atoms with Crippen LogP contribution in [0.3, 0.4) is 0 Å². The highest BCUT2D eigenvalue weighted by Gasteiger charge is 2.31. The van der Waals surface area contributed by atoms with Gasteiger partial charge in [-0.3, -0.25) is 9.69 Å². The van der Waals surface area contributed by atoms with Crippen molar-refractivity contribution < 1.29 is 27.1 Å². The average Bonchev–Trinajstić information content (AvgIpc) is 3.27. The highest BCUT2D eigenvalue weighted by atomic mass is 35.5. The summed E-state index contributed by atoms with van der Waals surface area (Å²) in [6.07, 6.45) is -4.36. The quantitative estimate of drug-likeness (QED) is 0.436. The molecule has 3 aromatic rings. The Balaban J connectivity index is 1.30. The van der Waals surface area contributed by atoms with E-state index in [0.717, 1.165) is 11.6 Å². The summed E-state index contributed by atoms with van der Waals surface area (Å²) in [6, 6.07) is 14.1. The van der Waals surface area contributed by atoms with Crippen molar-refractivity contribution >= 4 is 17.5 Å². The Hall–Kier alpha value is -2.97. The molecule has 0 bridgehead atoms. The zero-order chi connectivity index (χ0) is 24.3. The highest BCUT2D eigenvalue weighted by Crippen LogP contribution is 2.30. The van der Waals surface area contributed by atoms with Crippen LogP contribution in [0.15, 0.2) is 59.0 Å². The van der Waals surface area contributed by atoms with Crippen LogP contribution in [0.4, 0.5) is 13.2 Å². The van der Waals surface area contributed by atoms with Crippen molar-refractivity contribution in [2.45, 2.75) is 26.3 Å². The van der Waals surface area contributed by atoms with Crippen LogP contribution < -0.4 is 4.74 Å². The molecule has 180 valence electrons. The van der Waals surface area contributed by atoms with E-state index in [9.17, 15) is 18.0 Å². The summed E-state index contributed by atoms with van der Waals surface area (Å²) in [7, 11) is 0. The van der Waals surface area contributed by atoms with Gasteiger partial charge in [0.05, 0.1) is 10.6 Å². The predicted molar refractivity (Wildman–Crippen MR) is 122 cm³/mol. The number of halogens is 4. The number of aryl methyl sites for hydroxylation is 1. The van der Waals surface area contributed by atoms with Gasteiger partial charge in [-0.25, -0.2) is 0 Å². The fourth-order valence-corrected chi connectivity index (χ4v) is 4.16. The summed E-state index contributed by atoms with van der Waals surface area (Å²) in [5, 5.41) is 0.505. The molecule has 0 atom stereocenters. The van der Waals surface area contributed by atoms with Crippen molar-refractivity contribution in [2.75, 3.05) is 26.2 Å². The van der Waals surface area contributed by atoms with Crippen LogP contribution in [-0.4, -0.2) is 41.9 Å². The summed E-state index contributed by atoms with van der Waals surface area (Å²) in [6.45, 7) is 4.48. The summed E-state index contributed by atoms with van der Waals surface area (Å²) in [5.74, 6) is 1.08. The molecule has 1 aromatic heterocycles. The number of hydrogen-bond acceptors (Lipinski definition) is 4. The standard InChI is InChI=1S/C25H24ClF3N2O3/c1-17-4-2-7-21(26)23(17)33-16-20-8-9-22(34-20)24(32)31-12-10-30(11-13-31)15-18-5-3-6-19(14-18)25(27,28)29/h2-9,14H,10-13,15-16H2,1H3. The minimum atomic E-state index is -4.36. The third-order valence-corrected chi connectivity index (χ3v) is 6.01. The SMILES string of the molecule is Cc1cccc(Cl)c1OCc1ccc(C(=O)N2CCN(Cc3cccc(C(F)(F)F)c3)CC2)o1. The fraction of sp³-hybridized carbons (Fsp3) is 0.320. The van der Waals surface area contributed by atoms with E-state index in [1.165, 1.54) is 12.1 Å². The van der Waals surface area contributed by atoms with E-state index in [1.807, 2.05) is 24.0 Å². The number of benzene rings is 2. The second-order valence-electron chi connectivity index (χ2n) is 8.21. The molecule has 0 N–H and O–H groups in total. The van der Waals surface area contributed by atoms with E-state index < -0.39 is 11.7 Å². The Morgan fingerprint density at radius 3 is 2.50 bits per heavy atom. The van der Waals surface area contributed by atoms with Gasteiger partial charge < -0.3 is 14.1 Å². The number of piperazine rings is 1. The van der Waals surface area contributed by atoms with E-state index in [4.69, 9.17) is 20.8 Å². The lowest BCUT2D eigenvalue weighted by molar-refractivity contribution is -0.137. The first-order valence-corrected chi connectivity index (χ1v) is 11.2. The number of para-hydroxylation sites is 1. The van der Waals surface area contributed by atoms with Crippen LogP contribution in [0.25, 0.3) is 0 Å². The number of nitrogens with zero attached hydrogens (tertiary/aromatic N) is 2. The van der Waals surface area contributed by atoms with Gasteiger partial charge in [0.2, 0.25) is 0 Å². The minimum Gasteiger partial charge on any atom is -0.484 e. The van der Waals surface area contributed by atoms with Crippen molar-refractivity contribution in [3.8, 4) is 5.75 Å². The lowest BCUT2D eigenvalue weighted by Gasteiger charge is -2.34. The number of alkyl halides is 3. The Bertz CT molecular complexity index is 1130. The number of ether oxygens (including phenoxy) is 1. The second kappa shape index (κ2) is 10.1. The summed E-state index contributed by atoms with van der Waals surface area (Å²) < 4.78 is 50.3. The maximum absolute atomic E-state index is 12.9. The summed E-state index contributed by atoms with van der Waals surface area (Å²) in [4.78, 5) is 16.6. The molecule has 2 aromatic carbocycles. The maximum atomic E-state index is 12.9. The van der Waals surface area contributed by atoms with E-state index in [0.29, 0.717) is 54.8 Å². The fourth-order valence-electron chi connectivity index (χ4n) is 3.88. The number of carbonyl (C=O) groups excluding carboxylic acids is 1. The smallest absolute Gasteiger partial charge is 0.416 e. The average molecular weight is 493 g/mol. The third-order valence-electron chi connectivity index (χ3n) is 5.72. The van der Waals surface area contributed by atoms with Crippen molar-refractivity contribution in [3.63, 3.8) is 0 Å². The summed E-state index contributed by atoms with van der Waals surface area (Å²) in [5.41, 5.74) is 0.846. The molecule has 1 saturated heterocycles. The van der Waals surface area contributed by atoms with Gasteiger partial charge in [0, 0.05) is 32.7 Å². The molecule has 4 rings (SSSR count). The molecule has 5 nitrogen and oxygen atoms in total. The molecule has 9 heteroatoms. The van der Waals surface area contributed by atoms with E-state index in [-0.39, 0.29) is 18.3 Å². The molecule has 0 spiro atoms. The lowest BCUT2D eigenvalue weighted by atomic mass is 10.1. The Kier molecular flexibility index (Phi) is 7.19. The van der Waals surface area contributed by atoms with Crippen molar-refractivity contribution in [1.82, 2.24) is 9.80 Å². The molecule has 0 unspecified atom stereocenters. The van der Waals surface area contributed by atoms with Crippen molar-refractivity contribution in [3.05, 3.63) is 87.8 Å². The minimum absolute atomic E-state index is 0.141. The molecule has 1 aliphatic heterocycles. The lowest BCUT2D eigenvalue weighted by Crippen LogP contribution is -2.48. The zero-order valence-electron chi connectivity index (χ0n) is 18.6. The van der Waals surface area contributed by atoms with Crippen molar-refractivity contribution in [2.24, 2.45) is 0 Å². The Labute approximate surface area is 200 Å². The van der Waals surface area contributed by atoms with Crippen LogP contribution in [-0.2, 0) is 19.3 Å². The maximum Gasteiger partial charge on any atom is 0.416 e. The van der Waals surface area contributed by atoms with Crippen LogP contribution in [0.2, 0.25) is 5.02 Å². The van der Waals surface area contributed by atoms with Crippen LogP contribution >= 0.6 is 11.6 Å². The second-order valence-corrected chi connectivity index (χ2v) is 8.61. The molecular formula is C25H24ClF3N2O3. The first-order chi connectivity index (χ1) is 16.2. The van der Waals surface area contributed by atoms with E-state index in [1.54, 1.807) is 29.2 Å². The number of furan rings is 1. The molecule has 0 radical (unpaired) electrons. The third kappa shape index (κ3) is 5.74. The molecule has 2 heterocycles. The van der Waals surface area contributed by atoms with Gasteiger partial charge in [0.1, 0.15) is 18.1 Å². The van der Waals surface area contributed by atoms with Gasteiger partial charge >= 0.3 is 6.18 Å². The zero-order valence-corrected chi connectivity index (χ0v) is 19.3. The molecule has 1 fully saturated rings. The van der Waals surface area contributed by atoms with Gasteiger partial charge in [-0.1, -0.05) is 41.9 Å². The monoisotopic (exact) mass is 492 g/mol. The van der Waals surface area contributed by atoms with Crippen molar-refractivity contribution in [1.29, 1.82) is 0 Å². The molecule has 1 aliphatic rings. The van der Waals surface area contributed by atoms with Gasteiger partial charge in [-0.2, -0.15) is 13.2 Å². The van der Waals surface area contributed by atoms with Gasteiger partial charge in [0.15, 0.2) is 5.76 Å². The number of rotatable bonds is 6. The van der Waals surface area contributed by atoms with E-state index in [2.05, 4.69) is 0 Å². The first-order valence-electron chi connectivity index (χ1n) is 10.8. The Morgan fingerprint density at radius 2 is 1.79 bits per heavy atom. The first kappa shape index (κ1) is 24.2. The van der Waals surface area contributed by atoms with Crippen LogP contribution in [0, 0.1) is 6.92 Å². The topological polar surface area (TPSA) is 45.9 Å². The largest absolute Gasteiger partial charge is 0.484 e. The van der Waals surface area contributed by atoms with Gasteiger partial charge in [-0.05, 0) is 42.3 Å². The number of amides is 1. The molecular weight excluding hydrogens is 469 g/mol. The van der Waals surface area contributed by atoms with Crippen LogP contribution in [0.5, 0.6) is 5.75 Å². The summed E-state index contributed by atoms with van der Waals surface area (Å²) >= 11 is 6.17. The van der Waals surface area contributed by atoms with Gasteiger partial charge in [-0.15, -0.1) is 0 Å². The Morgan fingerprint density at radius 1 is 1.06 bits per heavy atom. The molecule has 1 amide bonds. The van der Waals surface area contributed by atoms with Gasteiger partial charge in [0.25, 0.3) is 5.91 Å². The number of carbonyl (C=O) groups is 1. The molecule has 34 heavy (non-hydrogen) atoms. The number of hydrogen-bond donors (Lipinski definition) is 0. The normalized spacial score (nSPS) is 14.9. The molecule has 0 aliphatic carbocycles. The highest BCUT2D eigenvalue weighted by molar-refractivity contribution is 6.32. The van der Waals surface area contributed by atoms with Crippen LogP contribution in [0.1, 0.15) is 33.0 Å².